The highest BCUT2D eigenvalue weighted by molar-refractivity contribution is 5.86. The van der Waals surface area contributed by atoms with Crippen LogP contribution in [0.2, 0.25) is 0 Å². The Morgan fingerprint density at radius 2 is 1.83 bits per heavy atom. The van der Waals surface area contributed by atoms with E-state index in [1.807, 2.05) is 23.1 Å². The highest BCUT2D eigenvalue weighted by Gasteiger charge is 2.41. The zero-order chi connectivity index (χ0) is 19.8. The van der Waals surface area contributed by atoms with Gasteiger partial charge < -0.3 is 25.5 Å². The van der Waals surface area contributed by atoms with Gasteiger partial charge in [0.2, 0.25) is 5.91 Å². The molecule has 2 aliphatic rings. The van der Waals surface area contributed by atoms with Gasteiger partial charge in [0.25, 0.3) is 5.91 Å². The lowest BCUT2D eigenvalue weighted by Crippen LogP contribution is -2.59. The van der Waals surface area contributed by atoms with Gasteiger partial charge >= 0.3 is 0 Å². The van der Waals surface area contributed by atoms with E-state index in [-0.39, 0.29) is 49.7 Å². The Labute approximate surface area is 191 Å². The minimum Gasteiger partial charge on any atom is -0.379 e. The second-order valence-electron chi connectivity index (χ2n) is 7.75. The normalized spacial score (nSPS) is 21.6. The van der Waals surface area contributed by atoms with Crippen LogP contribution in [0.5, 0.6) is 0 Å². The minimum absolute atomic E-state index is 0. The first-order valence-electron chi connectivity index (χ1n) is 10.3. The Morgan fingerprint density at radius 3 is 2.53 bits per heavy atom. The Hall–Kier alpha value is -1.38. The summed E-state index contributed by atoms with van der Waals surface area (Å²) in [5.74, 6) is -0.193. The molecule has 2 fully saturated rings. The predicted octanol–water partition coefficient (Wildman–Crippen LogP) is 0.838. The molecule has 3 rings (SSSR count). The lowest BCUT2D eigenvalue weighted by atomic mass is 9.91. The molecule has 0 saturated carbocycles. The van der Waals surface area contributed by atoms with Gasteiger partial charge in [0.05, 0.1) is 6.54 Å². The summed E-state index contributed by atoms with van der Waals surface area (Å²) >= 11 is 0. The summed E-state index contributed by atoms with van der Waals surface area (Å²) in [6, 6.07) is 10.2. The van der Waals surface area contributed by atoms with Crippen molar-refractivity contribution >= 4 is 36.6 Å². The molecule has 0 aliphatic carbocycles. The number of piperidine rings is 1. The van der Waals surface area contributed by atoms with Crippen molar-refractivity contribution in [2.24, 2.45) is 0 Å². The number of piperazine rings is 1. The van der Waals surface area contributed by atoms with Crippen molar-refractivity contribution in [2.45, 2.75) is 31.3 Å². The molecule has 1 atom stereocenters. The van der Waals surface area contributed by atoms with Crippen LogP contribution in [-0.2, 0) is 16.0 Å². The number of aliphatic hydroxyl groups is 1. The van der Waals surface area contributed by atoms with Crippen LogP contribution in [0.1, 0.15) is 24.8 Å². The van der Waals surface area contributed by atoms with Crippen LogP contribution >= 0.6 is 24.8 Å². The van der Waals surface area contributed by atoms with E-state index in [0.717, 1.165) is 32.4 Å². The van der Waals surface area contributed by atoms with Crippen molar-refractivity contribution in [3.8, 4) is 0 Å². The van der Waals surface area contributed by atoms with Gasteiger partial charge in [-0.25, -0.2) is 0 Å². The summed E-state index contributed by atoms with van der Waals surface area (Å²) < 4.78 is 0. The van der Waals surface area contributed by atoms with Gasteiger partial charge in [-0.15, -0.1) is 24.8 Å². The van der Waals surface area contributed by atoms with E-state index < -0.39 is 5.60 Å². The largest absolute Gasteiger partial charge is 0.379 e. The van der Waals surface area contributed by atoms with Crippen LogP contribution in [0.15, 0.2) is 30.3 Å². The van der Waals surface area contributed by atoms with Gasteiger partial charge in [-0.3, -0.25) is 9.59 Å². The van der Waals surface area contributed by atoms with Gasteiger partial charge in [0.15, 0.2) is 5.60 Å². The van der Waals surface area contributed by atoms with Gasteiger partial charge in [-0.05, 0) is 31.2 Å². The van der Waals surface area contributed by atoms with E-state index in [9.17, 15) is 14.7 Å². The Balaban J connectivity index is 0.00000225. The third-order valence-corrected chi connectivity index (χ3v) is 5.60. The molecule has 30 heavy (non-hydrogen) atoms. The van der Waals surface area contributed by atoms with Crippen LogP contribution in [-0.4, -0.2) is 84.7 Å². The fourth-order valence-electron chi connectivity index (χ4n) is 3.96. The Kier molecular flexibility index (Phi) is 11.7. The standard InChI is InChI=1S/C21H32N4O3.2ClH/c26-19(24-14-10-22-11-15-24)16-23-17-21(28)9-5-13-25(20(21)27)12-4-8-18-6-2-1-3-7-18;;/h1-3,6-7,22-23,28H,4-5,8-17H2;2*1H. The van der Waals surface area contributed by atoms with Crippen molar-refractivity contribution in [2.75, 3.05) is 52.4 Å². The molecular weight excluding hydrogens is 427 g/mol. The molecular formula is C21H34Cl2N4O3. The molecule has 2 heterocycles. The van der Waals surface area contributed by atoms with Crippen LogP contribution in [0.3, 0.4) is 0 Å². The van der Waals surface area contributed by atoms with Crippen LogP contribution in [0.4, 0.5) is 0 Å². The fourth-order valence-corrected chi connectivity index (χ4v) is 3.96. The van der Waals surface area contributed by atoms with Crippen LogP contribution in [0.25, 0.3) is 0 Å². The van der Waals surface area contributed by atoms with Gasteiger partial charge in [-0.2, -0.15) is 0 Å². The van der Waals surface area contributed by atoms with Gasteiger partial charge in [0.1, 0.15) is 0 Å². The van der Waals surface area contributed by atoms with Crippen molar-refractivity contribution in [3.63, 3.8) is 0 Å². The monoisotopic (exact) mass is 460 g/mol. The van der Waals surface area contributed by atoms with E-state index in [4.69, 9.17) is 0 Å². The number of hydrogen-bond acceptors (Lipinski definition) is 5. The second-order valence-corrected chi connectivity index (χ2v) is 7.75. The zero-order valence-corrected chi connectivity index (χ0v) is 19.0. The average molecular weight is 461 g/mol. The molecule has 1 unspecified atom stereocenters. The number of hydrogen-bond donors (Lipinski definition) is 3. The first-order chi connectivity index (χ1) is 13.6. The summed E-state index contributed by atoms with van der Waals surface area (Å²) in [6.07, 6.45) is 3.01. The molecule has 3 N–H and O–H groups in total. The quantitative estimate of drug-likeness (QED) is 0.535. The van der Waals surface area contributed by atoms with Gasteiger partial charge in [0, 0.05) is 45.8 Å². The number of nitrogens with zero attached hydrogens (tertiary/aromatic N) is 2. The number of rotatable bonds is 8. The summed E-state index contributed by atoms with van der Waals surface area (Å²) in [6.45, 7) is 4.66. The van der Waals surface area contributed by atoms with E-state index in [2.05, 4.69) is 22.8 Å². The summed E-state index contributed by atoms with van der Waals surface area (Å²) in [7, 11) is 0. The van der Waals surface area contributed by atoms with E-state index >= 15 is 0 Å². The molecule has 0 spiro atoms. The lowest BCUT2D eigenvalue weighted by molar-refractivity contribution is -0.156. The number of halogens is 2. The smallest absolute Gasteiger partial charge is 0.255 e. The molecule has 0 bridgehead atoms. The second kappa shape index (κ2) is 13.1. The fraction of sp³-hybridized carbons (Fsp3) is 0.619. The third-order valence-electron chi connectivity index (χ3n) is 5.60. The molecule has 7 nitrogen and oxygen atoms in total. The zero-order valence-electron chi connectivity index (χ0n) is 17.3. The average Bonchev–Trinajstić information content (AvgIpc) is 2.73. The molecule has 2 saturated heterocycles. The Bertz CT molecular complexity index is 659. The summed E-state index contributed by atoms with van der Waals surface area (Å²) in [5, 5.41) is 17.1. The molecule has 0 radical (unpaired) electrons. The summed E-state index contributed by atoms with van der Waals surface area (Å²) in [4.78, 5) is 28.6. The molecule has 2 amide bonds. The number of likely N-dealkylation sites (tertiary alicyclic amines) is 1. The number of amides is 2. The number of nitrogens with one attached hydrogen (secondary N) is 2. The molecule has 9 heteroatoms. The SMILES string of the molecule is Cl.Cl.O=C(CNCC1(O)CCCN(CCCc2ccccc2)C1=O)N1CCNCC1. The van der Waals surface area contributed by atoms with Crippen molar-refractivity contribution in [1.29, 1.82) is 0 Å². The maximum Gasteiger partial charge on any atom is 0.255 e. The third kappa shape index (κ3) is 7.39. The van der Waals surface area contributed by atoms with Gasteiger partial charge in [-0.1, -0.05) is 30.3 Å². The molecule has 0 aromatic heterocycles. The van der Waals surface area contributed by atoms with Crippen LogP contribution < -0.4 is 10.6 Å². The first kappa shape index (κ1) is 26.7. The van der Waals surface area contributed by atoms with E-state index in [0.29, 0.717) is 32.6 Å². The molecule has 170 valence electrons. The molecule has 1 aromatic carbocycles. The maximum absolute atomic E-state index is 12.8. The summed E-state index contributed by atoms with van der Waals surface area (Å²) in [5.41, 5.74) is -0.148. The highest BCUT2D eigenvalue weighted by Crippen LogP contribution is 2.22. The van der Waals surface area contributed by atoms with E-state index in [1.54, 1.807) is 4.90 Å². The highest BCUT2D eigenvalue weighted by atomic mass is 35.5. The van der Waals surface area contributed by atoms with Crippen molar-refractivity contribution in [3.05, 3.63) is 35.9 Å². The maximum atomic E-state index is 12.8. The number of carbonyl (C=O) groups is 2. The van der Waals surface area contributed by atoms with E-state index in [1.165, 1.54) is 5.56 Å². The molecule has 1 aromatic rings. The Morgan fingerprint density at radius 1 is 1.13 bits per heavy atom. The predicted molar refractivity (Wildman–Crippen MR) is 122 cm³/mol. The number of aryl methyl sites for hydroxylation is 1. The lowest BCUT2D eigenvalue weighted by Gasteiger charge is -2.38. The minimum atomic E-state index is -1.41. The first-order valence-corrected chi connectivity index (χ1v) is 10.3. The van der Waals surface area contributed by atoms with Crippen molar-refractivity contribution < 1.29 is 14.7 Å². The number of benzene rings is 1. The van der Waals surface area contributed by atoms with Crippen molar-refractivity contribution in [1.82, 2.24) is 20.4 Å². The number of carbonyl (C=O) groups excluding carboxylic acids is 2. The van der Waals surface area contributed by atoms with Crippen LogP contribution in [0, 0.1) is 0 Å². The topological polar surface area (TPSA) is 84.9 Å². The molecule has 2 aliphatic heterocycles.